The summed E-state index contributed by atoms with van der Waals surface area (Å²) in [5.74, 6) is 0.431. The molecule has 4 aromatic rings. The second-order valence-electron chi connectivity index (χ2n) is 7.50. The Balaban J connectivity index is 1.69. The van der Waals surface area contributed by atoms with E-state index in [1.807, 2.05) is 68.4 Å². The lowest BCUT2D eigenvalue weighted by molar-refractivity contribution is 0.577. The lowest BCUT2D eigenvalue weighted by Gasteiger charge is -2.06. The number of sulfone groups is 1. The van der Waals surface area contributed by atoms with E-state index in [1.165, 1.54) is 0 Å². The second-order valence-corrected chi connectivity index (χ2v) is 9.36. The summed E-state index contributed by atoms with van der Waals surface area (Å²) < 4.78 is 32.6. The monoisotopic (exact) mass is 432 g/mol. The number of hydrogen-bond acceptors (Lipinski definition) is 5. The number of nitrogens with zero attached hydrogens (tertiary/aromatic N) is 1. The topological polar surface area (TPSA) is 72.2 Å². The molecule has 4 rings (SSSR count). The van der Waals surface area contributed by atoms with E-state index < -0.39 is 9.84 Å². The van der Waals surface area contributed by atoms with Gasteiger partial charge in [-0.2, -0.15) is 4.98 Å². The first-order chi connectivity index (χ1) is 14.9. The maximum absolute atomic E-state index is 13.3. The number of anilines is 1. The van der Waals surface area contributed by atoms with Gasteiger partial charge in [-0.1, -0.05) is 65.7 Å². The first kappa shape index (κ1) is 20.9. The lowest BCUT2D eigenvalue weighted by atomic mass is 10.1. The van der Waals surface area contributed by atoms with Crippen molar-refractivity contribution in [2.75, 3.05) is 11.9 Å². The van der Waals surface area contributed by atoms with Crippen molar-refractivity contribution in [3.63, 3.8) is 0 Å². The predicted molar refractivity (Wildman–Crippen MR) is 122 cm³/mol. The number of hydrogen-bond donors (Lipinski definition) is 1. The van der Waals surface area contributed by atoms with E-state index in [1.54, 1.807) is 24.3 Å². The summed E-state index contributed by atoms with van der Waals surface area (Å²) >= 11 is 0. The Kier molecular flexibility index (Phi) is 5.91. The Bertz CT molecular complexity index is 1260. The van der Waals surface area contributed by atoms with Crippen LogP contribution in [0.25, 0.3) is 11.5 Å². The average molecular weight is 433 g/mol. The molecule has 0 atom stereocenters. The highest BCUT2D eigenvalue weighted by Gasteiger charge is 2.28. The van der Waals surface area contributed by atoms with Gasteiger partial charge >= 0.3 is 0 Å². The van der Waals surface area contributed by atoms with Gasteiger partial charge in [0, 0.05) is 12.1 Å². The fourth-order valence-corrected chi connectivity index (χ4v) is 4.49. The van der Waals surface area contributed by atoms with Gasteiger partial charge in [-0.3, -0.25) is 0 Å². The third-order valence-electron chi connectivity index (χ3n) is 5.02. The second kappa shape index (κ2) is 8.78. The van der Waals surface area contributed by atoms with Crippen LogP contribution in [0.2, 0.25) is 0 Å². The molecule has 1 heterocycles. The molecule has 158 valence electrons. The van der Waals surface area contributed by atoms with E-state index in [-0.39, 0.29) is 21.7 Å². The third-order valence-corrected chi connectivity index (χ3v) is 6.70. The number of oxazole rings is 1. The molecule has 0 bridgehead atoms. The highest BCUT2D eigenvalue weighted by Crippen LogP contribution is 2.32. The summed E-state index contributed by atoms with van der Waals surface area (Å²) in [5, 5.41) is 3.04. The van der Waals surface area contributed by atoms with E-state index in [0.29, 0.717) is 6.54 Å². The smallest absolute Gasteiger partial charge is 0.233 e. The SMILES string of the molecule is Cc1ccc(-c2nc(S(=O)(=O)c3ccc(C)cc3)c(NCCc3ccccc3)o2)cc1. The fraction of sp³-hybridized carbons (Fsp3) is 0.160. The van der Waals surface area contributed by atoms with Crippen LogP contribution in [0.1, 0.15) is 16.7 Å². The van der Waals surface area contributed by atoms with Crippen molar-refractivity contribution in [2.24, 2.45) is 0 Å². The molecule has 0 fully saturated rings. The van der Waals surface area contributed by atoms with Crippen molar-refractivity contribution in [3.05, 3.63) is 95.6 Å². The minimum atomic E-state index is -3.84. The summed E-state index contributed by atoms with van der Waals surface area (Å²) in [6.07, 6.45) is 0.728. The van der Waals surface area contributed by atoms with Crippen LogP contribution in [0, 0.1) is 13.8 Å². The molecule has 0 aliphatic carbocycles. The molecular formula is C25H24N2O3S. The van der Waals surface area contributed by atoms with Gasteiger partial charge in [0.1, 0.15) is 0 Å². The highest BCUT2D eigenvalue weighted by molar-refractivity contribution is 7.91. The maximum atomic E-state index is 13.3. The van der Waals surface area contributed by atoms with Crippen molar-refractivity contribution >= 4 is 15.7 Å². The van der Waals surface area contributed by atoms with E-state index in [0.717, 1.165) is 28.7 Å². The fourth-order valence-electron chi connectivity index (χ4n) is 3.21. The van der Waals surface area contributed by atoms with E-state index in [9.17, 15) is 8.42 Å². The van der Waals surface area contributed by atoms with Crippen molar-refractivity contribution in [1.29, 1.82) is 0 Å². The number of nitrogens with one attached hydrogen (secondary N) is 1. The zero-order valence-electron chi connectivity index (χ0n) is 17.5. The van der Waals surface area contributed by atoms with Crippen LogP contribution >= 0.6 is 0 Å². The van der Waals surface area contributed by atoms with Gasteiger partial charge in [-0.15, -0.1) is 0 Å². The summed E-state index contributed by atoms with van der Waals surface area (Å²) in [4.78, 5) is 4.58. The number of aryl methyl sites for hydroxylation is 2. The third kappa shape index (κ3) is 4.70. The quantitative estimate of drug-likeness (QED) is 0.421. The van der Waals surface area contributed by atoms with Crippen molar-refractivity contribution in [2.45, 2.75) is 30.2 Å². The van der Waals surface area contributed by atoms with Gasteiger partial charge < -0.3 is 9.73 Å². The molecule has 0 aliphatic rings. The number of rotatable bonds is 7. The summed E-state index contributed by atoms with van der Waals surface area (Å²) in [5.41, 5.74) is 3.96. The van der Waals surface area contributed by atoms with Crippen LogP contribution in [0.5, 0.6) is 0 Å². The number of benzene rings is 3. The minimum Gasteiger partial charge on any atom is -0.419 e. The van der Waals surface area contributed by atoms with Crippen LogP contribution in [0.4, 0.5) is 5.88 Å². The Morgan fingerprint density at radius 2 is 1.45 bits per heavy atom. The Hall–Kier alpha value is -3.38. The van der Waals surface area contributed by atoms with Crippen molar-refractivity contribution < 1.29 is 12.8 Å². The van der Waals surface area contributed by atoms with Crippen LogP contribution in [0.15, 0.2) is 93.2 Å². The predicted octanol–water partition coefficient (Wildman–Crippen LogP) is 5.45. The average Bonchev–Trinajstić information content (AvgIpc) is 3.20. The highest BCUT2D eigenvalue weighted by atomic mass is 32.2. The lowest BCUT2D eigenvalue weighted by Crippen LogP contribution is -2.09. The van der Waals surface area contributed by atoms with E-state index in [4.69, 9.17) is 4.42 Å². The van der Waals surface area contributed by atoms with Crippen LogP contribution in [0.3, 0.4) is 0 Å². The van der Waals surface area contributed by atoms with E-state index in [2.05, 4.69) is 10.3 Å². The molecule has 3 aromatic carbocycles. The van der Waals surface area contributed by atoms with Crippen molar-refractivity contribution in [1.82, 2.24) is 4.98 Å². The minimum absolute atomic E-state index is 0.0972. The van der Waals surface area contributed by atoms with Crippen LogP contribution < -0.4 is 5.32 Å². The van der Waals surface area contributed by atoms with Crippen LogP contribution in [-0.4, -0.2) is 19.9 Å². The summed E-state index contributed by atoms with van der Waals surface area (Å²) in [6, 6.07) is 24.4. The van der Waals surface area contributed by atoms with Gasteiger partial charge in [-0.05, 0) is 50.1 Å². The van der Waals surface area contributed by atoms with Gasteiger partial charge in [0.15, 0.2) is 0 Å². The van der Waals surface area contributed by atoms with Gasteiger partial charge in [0.25, 0.3) is 0 Å². The van der Waals surface area contributed by atoms with Gasteiger partial charge in [-0.25, -0.2) is 8.42 Å². The molecule has 0 saturated carbocycles. The molecule has 1 aromatic heterocycles. The molecule has 0 spiro atoms. The normalized spacial score (nSPS) is 11.4. The molecule has 0 unspecified atom stereocenters. The van der Waals surface area contributed by atoms with Gasteiger partial charge in [0.05, 0.1) is 4.90 Å². The Labute approximate surface area is 182 Å². The van der Waals surface area contributed by atoms with Crippen LogP contribution in [-0.2, 0) is 16.3 Å². The largest absolute Gasteiger partial charge is 0.419 e. The van der Waals surface area contributed by atoms with Gasteiger partial charge in [0.2, 0.25) is 26.6 Å². The van der Waals surface area contributed by atoms with Crippen molar-refractivity contribution in [3.8, 4) is 11.5 Å². The molecule has 0 aliphatic heterocycles. The zero-order chi connectivity index (χ0) is 21.8. The Morgan fingerprint density at radius 3 is 2.10 bits per heavy atom. The number of aromatic nitrogens is 1. The molecule has 6 heteroatoms. The molecule has 0 saturated heterocycles. The molecule has 1 N–H and O–H groups in total. The molecule has 0 radical (unpaired) electrons. The summed E-state index contributed by atoms with van der Waals surface area (Å²) in [7, 11) is -3.84. The molecule has 0 amide bonds. The molecule has 31 heavy (non-hydrogen) atoms. The van der Waals surface area contributed by atoms with E-state index >= 15 is 0 Å². The first-order valence-corrected chi connectivity index (χ1v) is 11.6. The molecule has 5 nitrogen and oxygen atoms in total. The molecular weight excluding hydrogens is 408 g/mol. The summed E-state index contributed by atoms with van der Waals surface area (Å²) in [6.45, 7) is 4.42. The first-order valence-electron chi connectivity index (χ1n) is 10.1. The maximum Gasteiger partial charge on any atom is 0.233 e. The Morgan fingerprint density at radius 1 is 0.839 bits per heavy atom. The zero-order valence-corrected chi connectivity index (χ0v) is 18.3. The standard InChI is InChI=1S/C25H24N2O3S/c1-18-8-12-21(13-9-18)23-27-25(31(28,29)22-14-10-19(2)11-15-22)24(30-23)26-17-16-20-6-4-3-5-7-20/h3-15,26H,16-17H2,1-2H3.